The number of aromatic nitrogens is 1. The Hall–Kier alpha value is -2.23. The van der Waals surface area contributed by atoms with Crippen LogP contribution in [-0.2, 0) is 11.3 Å². The van der Waals surface area contributed by atoms with Crippen molar-refractivity contribution in [2.45, 2.75) is 30.4 Å². The molecule has 0 radical (unpaired) electrons. The molecule has 26 heavy (non-hydrogen) atoms. The summed E-state index contributed by atoms with van der Waals surface area (Å²) in [5, 5.41) is 10.6. The number of nitrogens with zero attached hydrogens (tertiary/aromatic N) is 2. The molecule has 0 unspecified atom stereocenters. The van der Waals surface area contributed by atoms with Gasteiger partial charge in [0.15, 0.2) is 0 Å². The molecule has 0 N–H and O–H groups in total. The van der Waals surface area contributed by atoms with Gasteiger partial charge < -0.3 is 9.47 Å². The monoisotopic (exact) mass is 388 g/mol. The van der Waals surface area contributed by atoms with Crippen molar-refractivity contribution in [2.75, 3.05) is 13.4 Å². The van der Waals surface area contributed by atoms with Crippen LogP contribution in [0.2, 0.25) is 5.02 Å². The van der Waals surface area contributed by atoms with E-state index in [1.54, 1.807) is 24.3 Å². The van der Waals surface area contributed by atoms with Crippen LogP contribution in [0.3, 0.4) is 0 Å². The van der Waals surface area contributed by atoms with Gasteiger partial charge >= 0.3 is 5.97 Å². The first-order valence-corrected chi connectivity index (χ1v) is 9.66. The van der Waals surface area contributed by atoms with Gasteiger partial charge in [0.1, 0.15) is 23.5 Å². The Morgan fingerprint density at radius 3 is 2.81 bits per heavy atom. The number of carbonyl (C=O) groups excluding carboxylic acids is 1. The summed E-state index contributed by atoms with van der Waals surface area (Å²) in [5.41, 5.74) is 2.02. The van der Waals surface area contributed by atoms with Gasteiger partial charge in [-0.15, -0.1) is 11.8 Å². The maximum atomic E-state index is 12.7. The zero-order valence-electron chi connectivity index (χ0n) is 14.4. The lowest BCUT2D eigenvalue weighted by atomic mass is 10.1. The molecule has 7 heteroatoms. The molecule has 0 spiro atoms. The molecule has 1 saturated carbocycles. The van der Waals surface area contributed by atoms with Crippen LogP contribution in [0.25, 0.3) is 0 Å². The summed E-state index contributed by atoms with van der Waals surface area (Å²) in [6.45, 7) is 0.00310. The Bertz CT molecular complexity index is 891. The summed E-state index contributed by atoms with van der Waals surface area (Å²) < 4.78 is 10.7. The minimum Gasteiger partial charge on any atom is -0.496 e. The summed E-state index contributed by atoms with van der Waals surface area (Å²) in [4.78, 5) is 17.2. The lowest BCUT2D eigenvalue weighted by Crippen LogP contribution is -2.11. The molecule has 3 rings (SSSR count). The van der Waals surface area contributed by atoms with Crippen molar-refractivity contribution in [3.63, 3.8) is 0 Å². The van der Waals surface area contributed by atoms with E-state index in [1.807, 2.05) is 6.26 Å². The molecule has 0 bridgehead atoms. The van der Waals surface area contributed by atoms with E-state index >= 15 is 0 Å². The fourth-order valence-corrected chi connectivity index (χ4v) is 3.38. The molecule has 0 saturated heterocycles. The predicted molar refractivity (Wildman–Crippen MR) is 99.8 cm³/mol. The highest BCUT2D eigenvalue weighted by atomic mass is 35.5. The molecular formula is C19H17ClN2O3S. The van der Waals surface area contributed by atoms with Gasteiger partial charge in [0, 0.05) is 22.2 Å². The Labute approximate surface area is 161 Å². The second kappa shape index (κ2) is 7.98. The number of hydrogen-bond acceptors (Lipinski definition) is 6. The first kappa shape index (κ1) is 18.6. The van der Waals surface area contributed by atoms with Crippen molar-refractivity contribution in [3.8, 4) is 11.8 Å². The molecule has 2 aromatic rings. The smallest absolute Gasteiger partial charge is 0.339 e. The van der Waals surface area contributed by atoms with Gasteiger partial charge in [-0.1, -0.05) is 11.6 Å². The third-order valence-electron chi connectivity index (χ3n) is 4.13. The topological polar surface area (TPSA) is 72.2 Å². The van der Waals surface area contributed by atoms with Gasteiger partial charge in [-0.2, -0.15) is 5.26 Å². The van der Waals surface area contributed by atoms with E-state index in [2.05, 4.69) is 11.1 Å². The number of methoxy groups -OCH3 is 1. The molecule has 1 aromatic heterocycles. The average molecular weight is 389 g/mol. The number of esters is 1. The van der Waals surface area contributed by atoms with Crippen LogP contribution in [0, 0.1) is 11.3 Å². The number of nitriles is 1. The Morgan fingerprint density at radius 1 is 1.42 bits per heavy atom. The minimum atomic E-state index is -0.553. The second-order valence-corrected chi connectivity index (χ2v) is 7.13. The zero-order chi connectivity index (χ0) is 18.7. The number of hydrogen-bond donors (Lipinski definition) is 0. The van der Waals surface area contributed by atoms with Gasteiger partial charge in [0.05, 0.1) is 18.2 Å². The average Bonchev–Trinajstić information content (AvgIpc) is 3.50. The van der Waals surface area contributed by atoms with E-state index in [4.69, 9.17) is 21.1 Å². The van der Waals surface area contributed by atoms with Crippen molar-refractivity contribution in [1.82, 2.24) is 4.98 Å². The molecule has 0 atom stereocenters. The van der Waals surface area contributed by atoms with Gasteiger partial charge in [0.25, 0.3) is 0 Å². The fourth-order valence-electron chi connectivity index (χ4n) is 2.63. The van der Waals surface area contributed by atoms with Gasteiger partial charge in [0.2, 0.25) is 0 Å². The summed E-state index contributed by atoms with van der Waals surface area (Å²) >= 11 is 7.36. The number of pyridine rings is 1. The van der Waals surface area contributed by atoms with Crippen molar-refractivity contribution in [2.24, 2.45) is 0 Å². The Kier molecular flexibility index (Phi) is 5.70. The van der Waals surface area contributed by atoms with Crippen LogP contribution in [0.15, 0.2) is 29.3 Å². The quantitative estimate of drug-likeness (QED) is 0.533. The normalized spacial score (nSPS) is 13.2. The third kappa shape index (κ3) is 3.95. The zero-order valence-corrected chi connectivity index (χ0v) is 16.0. The molecule has 1 heterocycles. The van der Waals surface area contributed by atoms with E-state index in [-0.39, 0.29) is 17.7 Å². The second-order valence-electron chi connectivity index (χ2n) is 5.90. The minimum absolute atomic E-state index is 0.00310. The first-order valence-electron chi connectivity index (χ1n) is 8.06. The summed E-state index contributed by atoms with van der Waals surface area (Å²) in [7, 11) is 1.54. The van der Waals surface area contributed by atoms with Gasteiger partial charge in [-0.3, -0.25) is 0 Å². The maximum Gasteiger partial charge on any atom is 0.339 e. The van der Waals surface area contributed by atoms with E-state index in [0.29, 0.717) is 27.3 Å². The highest BCUT2D eigenvalue weighted by Gasteiger charge is 2.29. The lowest BCUT2D eigenvalue weighted by Gasteiger charge is -2.12. The molecule has 5 nitrogen and oxygen atoms in total. The van der Waals surface area contributed by atoms with Crippen LogP contribution < -0.4 is 4.74 Å². The molecule has 134 valence electrons. The Morgan fingerprint density at radius 2 is 2.19 bits per heavy atom. The molecule has 0 amide bonds. The summed E-state index contributed by atoms with van der Waals surface area (Å²) in [6, 6.07) is 8.88. The van der Waals surface area contributed by atoms with Crippen molar-refractivity contribution >= 4 is 29.3 Å². The molecule has 1 aromatic carbocycles. The Balaban J connectivity index is 1.87. The lowest BCUT2D eigenvalue weighted by molar-refractivity contribution is 0.0469. The van der Waals surface area contributed by atoms with Crippen molar-refractivity contribution < 1.29 is 14.3 Å². The van der Waals surface area contributed by atoms with Crippen LogP contribution in [0.5, 0.6) is 5.75 Å². The van der Waals surface area contributed by atoms with Crippen molar-refractivity contribution in [3.05, 3.63) is 51.7 Å². The largest absolute Gasteiger partial charge is 0.496 e. The van der Waals surface area contributed by atoms with Crippen LogP contribution in [0.4, 0.5) is 0 Å². The van der Waals surface area contributed by atoms with E-state index in [1.165, 1.54) is 18.9 Å². The highest BCUT2D eigenvalue weighted by Crippen LogP contribution is 2.40. The number of thioether (sulfide) groups is 1. The maximum absolute atomic E-state index is 12.7. The number of benzene rings is 1. The van der Waals surface area contributed by atoms with E-state index in [0.717, 1.165) is 18.5 Å². The molecular weight excluding hydrogens is 372 g/mol. The molecule has 1 fully saturated rings. The predicted octanol–water partition coefficient (Wildman–Crippen LogP) is 4.57. The van der Waals surface area contributed by atoms with Crippen LogP contribution >= 0.6 is 23.4 Å². The van der Waals surface area contributed by atoms with Gasteiger partial charge in [-0.25, -0.2) is 9.78 Å². The number of rotatable bonds is 6. The SMILES string of the molecule is COc1ccc(Cl)cc1COC(=O)c1cc(C2CC2)nc(SC)c1C#N. The highest BCUT2D eigenvalue weighted by molar-refractivity contribution is 7.98. The standard InChI is InChI=1S/C19H17ClN2O3S/c1-24-17-6-5-13(20)7-12(17)10-25-19(23)14-8-16(11-3-4-11)22-18(26-2)15(14)9-21/h5-8,11H,3-4,10H2,1-2H3. The summed E-state index contributed by atoms with van der Waals surface area (Å²) in [6.07, 6.45) is 3.95. The number of ether oxygens (including phenoxy) is 2. The molecule has 0 aliphatic heterocycles. The molecule has 1 aliphatic carbocycles. The fraction of sp³-hybridized carbons (Fsp3) is 0.316. The van der Waals surface area contributed by atoms with Crippen LogP contribution in [0.1, 0.15) is 45.9 Å². The third-order valence-corrected chi connectivity index (χ3v) is 5.05. The number of carbonyl (C=O) groups is 1. The summed E-state index contributed by atoms with van der Waals surface area (Å²) in [5.74, 6) is 0.400. The van der Waals surface area contributed by atoms with Crippen molar-refractivity contribution in [1.29, 1.82) is 5.26 Å². The van der Waals surface area contributed by atoms with E-state index < -0.39 is 5.97 Å². The van der Waals surface area contributed by atoms with Crippen LogP contribution in [-0.4, -0.2) is 24.3 Å². The van der Waals surface area contributed by atoms with E-state index in [9.17, 15) is 10.1 Å². The first-order chi connectivity index (χ1) is 12.6. The molecule has 1 aliphatic rings. The van der Waals surface area contributed by atoms with Gasteiger partial charge in [-0.05, 0) is 43.4 Å². The number of halogens is 1.